The minimum atomic E-state index is -3.83. The van der Waals surface area contributed by atoms with E-state index < -0.39 is 16.5 Å². The minimum Gasteiger partial charge on any atom is -0.286 e. The van der Waals surface area contributed by atoms with E-state index in [1.807, 2.05) is 0 Å². The fourth-order valence-electron chi connectivity index (χ4n) is 1.29. The quantitative estimate of drug-likeness (QED) is 0.501. The van der Waals surface area contributed by atoms with Gasteiger partial charge >= 0.3 is 0 Å². The Hall–Kier alpha value is -0.230. The molecule has 0 aromatic carbocycles. The molecule has 0 aromatic heterocycles. The summed E-state index contributed by atoms with van der Waals surface area (Å²) in [4.78, 5) is 0. The average molecular weight is 244 g/mol. The lowest BCUT2D eigenvalue weighted by atomic mass is 10.1. The minimum absolute atomic E-state index is 0.0506. The van der Waals surface area contributed by atoms with Gasteiger partial charge in [-0.25, -0.2) is 8.78 Å². The number of rotatable bonds is 9. The highest BCUT2D eigenvalue weighted by Gasteiger charge is 2.03. The fourth-order valence-corrected chi connectivity index (χ4v) is 1.86. The van der Waals surface area contributed by atoms with Crippen molar-refractivity contribution in [3.63, 3.8) is 0 Å². The van der Waals surface area contributed by atoms with Crippen LogP contribution in [0.2, 0.25) is 0 Å². The Bertz CT molecular complexity index is 240. The molecule has 15 heavy (non-hydrogen) atoms. The Kier molecular flexibility index (Phi) is 7.86. The van der Waals surface area contributed by atoms with Crippen LogP contribution in [-0.2, 0) is 10.1 Å². The zero-order chi connectivity index (χ0) is 11.7. The number of unbranched alkanes of at least 4 members (excludes halogenated alkanes) is 5. The predicted octanol–water partition coefficient (Wildman–Crippen LogP) is 2.87. The molecule has 3 nitrogen and oxygen atoms in total. The smallest absolute Gasteiger partial charge is 0.264 e. The largest absolute Gasteiger partial charge is 0.286 e. The highest BCUT2D eigenvalue weighted by molar-refractivity contribution is 7.85. The second-order valence-electron chi connectivity index (χ2n) is 3.59. The van der Waals surface area contributed by atoms with E-state index >= 15 is 0 Å². The molecule has 0 aliphatic rings. The topological polar surface area (TPSA) is 54.4 Å². The lowest BCUT2D eigenvalue weighted by molar-refractivity contribution is 0.133. The van der Waals surface area contributed by atoms with E-state index in [4.69, 9.17) is 4.55 Å². The Labute approximate surface area is 89.6 Å². The third kappa shape index (κ3) is 13.8. The summed E-state index contributed by atoms with van der Waals surface area (Å²) in [6.45, 7) is 0. The van der Waals surface area contributed by atoms with Gasteiger partial charge < -0.3 is 0 Å². The van der Waals surface area contributed by atoms with Gasteiger partial charge in [0.25, 0.3) is 10.1 Å². The molecule has 0 atom stereocenters. The molecule has 0 aliphatic heterocycles. The Morgan fingerprint density at radius 2 is 1.40 bits per heavy atom. The molecule has 0 radical (unpaired) electrons. The van der Waals surface area contributed by atoms with Gasteiger partial charge in [0.2, 0.25) is 6.43 Å². The molecule has 1 N–H and O–H groups in total. The molecule has 0 fully saturated rings. The van der Waals surface area contributed by atoms with Crippen LogP contribution in [0.4, 0.5) is 8.78 Å². The van der Waals surface area contributed by atoms with E-state index in [2.05, 4.69) is 0 Å². The highest BCUT2D eigenvalue weighted by Crippen LogP contribution is 2.11. The molecule has 0 unspecified atom stereocenters. The number of hydrogen-bond donors (Lipinski definition) is 1. The van der Waals surface area contributed by atoms with Crippen molar-refractivity contribution in [2.75, 3.05) is 5.75 Å². The molecule has 92 valence electrons. The average Bonchev–Trinajstić information content (AvgIpc) is 2.07. The van der Waals surface area contributed by atoms with Crippen LogP contribution in [0, 0.1) is 0 Å². The van der Waals surface area contributed by atoms with Crippen LogP contribution >= 0.6 is 0 Å². The Morgan fingerprint density at radius 3 is 1.87 bits per heavy atom. The van der Waals surface area contributed by atoms with Crippen LogP contribution < -0.4 is 0 Å². The summed E-state index contributed by atoms with van der Waals surface area (Å²) in [7, 11) is -3.83. The summed E-state index contributed by atoms with van der Waals surface area (Å²) in [5, 5.41) is 0. The summed E-state index contributed by atoms with van der Waals surface area (Å²) >= 11 is 0. The van der Waals surface area contributed by atoms with Crippen LogP contribution in [0.15, 0.2) is 0 Å². The van der Waals surface area contributed by atoms with Crippen LogP contribution in [0.25, 0.3) is 0 Å². The standard InChI is InChI=1S/C9H18F2O3S/c10-9(11)7-5-3-1-2-4-6-8-15(12,13)14/h9H,1-8H2,(H,12,13,14). The van der Waals surface area contributed by atoms with Gasteiger partial charge in [-0.05, 0) is 12.8 Å². The van der Waals surface area contributed by atoms with Gasteiger partial charge in [-0.3, -0.25) is 4.55 Å². The predicted molar refractivity (Wildman–Crippen MR) is 54.7 cm³/mol. The molecular formula is C9H18F2O3S. The first kappa shape index (κ1) is 14.8. The summed E-state index contributed by atoms with van der Waals surface area (Å²) in [6, 6.07) is 0. The Balaban J connectivity index is 3.12. The molecule has 0 amide bonds. The van der Waals surface area contributed by atoms with E-state index in [0.29, 0.717) is 19.3 Å². The Morgan fingerprint density at radius 1 is 0.933 bits per heavy atom. The van der Waals surface area contributed by atoms with Crippen molar-refractivity contribution < 1.29 is 21.8 Å². The van der Waals surface area contributed by atoms with Crippen molar-refractivity contribution in [1.82, 2.24) is 0 Å². The van der Waals surface area contributed by atoms with Crippen molar-refractivity contribution in [1.29, 1.82) is 0 Å². The third-order valence-electron chi connectivity index (χ3n) is 2.07. The van der Waals surface area contributed by atoms with Gasteiger partial charge in [0.15, 0.2) is 0 Å². The molecular weight excluding hydrogens is 226 g/mol. The maximum absolute atomic E-state index is 11.7. The van der Waals surface area contributed by atoms with Crippen LogP contribution in [-0.4, -0.2) is 25.1 Å². The van der Waals surface area contributed by atoms with Gasteiger partial charge in [0, 0.05) is 6.42 Å². The maximum Gasteiger partial charge on any atom is 0.264 e. The summed E-state index contributed by atoms with van der Waals surface area (Å²) in [5.41, 5.74) is 0. The van der Waals surface area contributed by atoms with Gasteiger partial charge in [-0.2, -0.15) is 8.42 Å². The number of halogens is 2. The van der Waals surface area contributed by atoms with E-state index in [9.17, 15) is 17.2 Å². The molecule has 0 saturated heterocycles. The summed E-state index contributed by atoms with van der Waals surface area (Å²) in [5.74, 6) is -0.204. The molecule has 0 aromatic rings. The molecule has 0 spiro atoms. The highest BCUT2D eigenvalue weighted by atomic mass is 32.2. The number of hydrogen-bond acceptors (Lipinski definition) is 2. The van der Waals surface area contributed by atoms with E-state index in [1.165, 1.54) is 0 Å². The molecule has 0 aliphatic carbocycles. The van der Waals surface area contributed by atoms with E-state index in [0.717, 1.165) is 19.3 Å². The SMILES string of the molecule is O=S(=O)(O)CCCCCCCCC(F)F. The lowest BCUT2D eigenvalue weighted by Crippen LogP contribution is -2.03. The third-order valence-corrected chi connectivity index (χ3v) is 2.88. The van der Waals surface area contributed by atoms with Gasteiger partial charge in [0.05, 0.1) is 5.75 Å². The molecule has 0 heterocycles. The van der Waals surface area contributed by atoms with Crippen molar-refractivity contribution in [3.05, 3.63) is 0 Å². The second-order valence-corrected chi connectivity index (χ2v) is 5.16. The van der Waals surface area contributed by atoms with Gasteiger partial charge in [-0.15, -0.1) is 0 Å². The fraction of sp³-hybridized carbons (Fsp3) is 1.00. The lowest BCUT2D eigenvalue weighted by Gasteiger charge is -2.01. The monoisotopic (exact) mass is 244 g/mol. The maximum atomic E-state index is 11.7. The van der Waals surface area contributed by atoms with Crippen molar-refractivity contribution in [2.45, 2.75) is 51.4 Å². The van der Waals surface area contributed by atoms with Gasteiger partial charge in [-0.1, -0.05) is 25.7 Å². The molecule has 6 heteroatoms. The first-order valence-electron chi connectivity index (χ1n) is 5.15. The van der Waals surface area contributed by atoms with Crippen molar-refractivity contribution in [3.8, 4) is 0 Å². The molecule has 0 saturated carbocycles. The van der Waals surface area contributed by atoms with Crippen LogP contribution in [0.1, 0.15) is 44.9 Å². The number of alkyl halides is 2. The van der Waals surface area contributed by atoms with Crippen LogP contribution in [0.5, 0.6) is 0 Å². The zero-order valence-corrected chi connectivity index (χ0v) is 9.48. The molecule has 0 rings (SSSR count). The van der Waals surface area contributed by atoms with Crippen molar-refractivity contribution in [2.24, 2.45) is 0 Å². The first-order chi connectivity index (χ1) is 6.92. The first-order valence-corrected chi connectivity index (χ1v) is 6.76. The molecule has 0 bridgehead atoms. The summed E-state index contributed by atoms with van der Waals surface area (Å²) in [6.07, 6.45) is 1.85. The van der Waals surface area contributed by atoms with Crippen LogP contribution in [0.3, 0.4) is 0 Å². The zero-order valence-electron chi connectivity index (χ0n) is 8.66. The second kappa shape index (κ2) is 7.98. The normalized spacial score (nSPS) is 12.3. The van der Waals surface area contributed by atoms with Crippen molar-refractivity contribution >= 4 is 10.1 Å². The van der Waals surface area contributed by atoms with Gasteiger partial charge in [0.1, 0.15) is 0 Å². The van der Waals surface area contributed by atoms with E-state index in [-0.39, 0.29) is 12.2 Å². The van der Waals surface area contributed by atoms with E-state index in [1.54, 1.807) is 0 Å². The summed E-state index contributed by atoms with van der Waals surface area (Å²) < 4.78 is 52.4.